The molecule has 2 amide bonds. The van der Waals surface area contributed by atoms with E-state index in [0.29, 0.717) is 12.0 Å². The fourth-order valence-corrected chi connectivity index (χ4v) is 3.38. The van der Waals surface area contributed by atoms with Crippen molar-refractivity contribution in [2.24, 2.45) is 23.7 Å². The summed E-state index contributed by atoms with van der Waals surface area (Å²) in [4.78, 5) is 35.5. The van der Waals surface area contributed by atoms with E-state index in [1.807, 2.05) is 12.2 Å². The van der Waals surface area contributed by atoms with Crippen molar-refractivity contribution in [3.05, 3.63) is 48.0 Å². The predicted molar refractivity (Wildman–Crippen MR) is 77.4 cm³/mol. The Labute approximate surface area is 127 Å². The number of amides is 2. The Hall–Kier alpha value is -2.63. The molecular formula is C16H16N2O4. The fourth-order valence-electron chi connectivity index (χ4n) is 3.38. The van der Waals surface area contributed by atoms with Crippen molar-refractivity contribution in [3.8, 4) is 0 Å². The molecule has 6 nitrogen and oxygen atoms in total. The van der Waals surface area contributed by atoms with Crippen molar-refractivity contribution in [2.75, 3.05) is 0 Å². The Kier molecular flexibility index (Phi) is 3.66. The van der Waals surface area contributed by atoms with Crippen LogP contribution in [0.4, 0.5) is 0 Å². The molecule has 2 aliphatic carbocycles. The van der Waals surface area contributed by atoms with Gasteiger partial charge in [0.2, 0.25) is 5.91 Å². The Balaban J connectivity index is 1.64. The van der Waals surface area contributed by atoms with Gasteiger partial charge in [0.15, 0.2) is 0 Å². The molecule has 1 aromatic rings. The normalized spacial score (nSPS) is 28.4. The third kappa shape index (κ3) is 2.47. The highest BCUT2D eigenvalue weighted by molar-refractivity contribution is 5.96. The van der Waals surface area contributed by atoms with Crippen LogP contribution >= 0.6 is 0 Å². The van der Waals surface area contributed by atoms with E-state index in [9.17, 15) is 19.5 Å². The molecule has 22 heavy (non-hydrogen) atoms. The smallest absolute Gasteiger partial charge is 0.307 e. The van der Waals surface area contributed by atoms with Gasteiger partial charge in [0.25, 0.3) is 5.91 Å². The summed E-state index contributed by atoms with van der Waals surface area (Å²) in [6.45, 7) is 0. The number of allylic oxidation sites excluding steroid dienone is 2. The second-order valence-electron chi connectivity index (χ2n) is 5.65. The lowest BCUT2D eigenvalue weighted by Gasteiger charge is -2.23. The van der Waals surface area contributed by atoms with Crippen LogP contribution in [0.25, 0.3) is 0 Å². The number of hydrogen-bond acceptors (Lipinski definition) is 3. The quantitative estimate of drug-likeness (QED) is 0.572. The Morgan fingerprint density at radius 3 is 2.23 bits per heavy atom. The van der Waals surface area contributed by atoms with Crippen LogP contribution in [0.15, 0.2) is 42.5 Å². The number of nitrogens with one attached hydrogen (secondary N) is 2. The van der Waals surface area contributed by atoms with Gasteiger partial charge in [-0.3, -0.25) is 25.2 Å². The van der Waals surface area contributed by atoms with Crippen LogP contribution in [0.1, 0.15) is 16.8 Å². The van der Waals surface area contributed by atoms with Crippen molar-refractivity contribution < 1.29 is 19.5 Å². The molecule has 0 heterocycles. The summed E-state index contributed by atoms with van der Waals surface area (Å²) in [6, 6.07) is 8.48. The zero-order chi connectivity index (χ0) is 15.7. The molecule has 0 aromatic heterocycles. The van der Waals surface area contributed by atoms with Crippen LogP contribution < -0.4 is 10.9 Å². The first-order valence-electron chi connectivity index (χ1n) is 7.14. The maximum absolute atomic E-state index is 12.3. The van der Waals surface area contributed by atoms with Gasteiger partial charge in [0.05, 0.1) is 11.8 Å². The molecule has 2 aliphatic rings. The van der Waals surface area contributed by atoms with Gasteiger partial charge in [-0.2, -0.15) is 0 Å². The summed E-state index contributed by atoms with van der Waals surface area (Å²) in [5.74, 6) is -3.37. The number of carbonyl (C=O) groups excluding carboxylic acids is 2. The van der Waals surface area contributed by atoms with Gasteiger partial charge in [-0.15, -0.1) is 0 Å². The average molecular weight is 300 g/mol. The molecule has 114 valence electrons. The third-order valence-corrected chi connectivity index (χ3v) is 4.38. The van der Waals surface area contributed by atoms with E-state index in [0.717, 1.165) is 0 Å². The summed E-state index contributed by atoms with van der Waals surface area (Å²) in [6.07, 6.45) is 4.45. The maximum Gasteiger partial charge on any atom is 0.307 e. The summed E-state index contributed by atoms with van der Waals surface area (Å²) in [7, 11) is 0. The topological polar surface area (TPSA) is 95.5 Å². The molecule has 2 bridgehead atoms. The van der Waals surface area contributed by atoms with Gasteiger partial charge < -0.3 is 5.11 Å². The number of hydrazine groups is 1. The number of carboxylic acid groups (broad SMARTS) is 1. The van der Waals surface area contributed by atoms with Gasteiger partial charge in [-0.25, -0.2) is 0 Å². The second-order valence-corrected chi connectivity index (χ2v) is 5.65. The van der Waals surface area contributed by atoms with Crippen molar-refractivity contribution in [1.82, 2.24) is 10.9 Å². The largest absolute Gasteiger partial charge is 0.481 e. The van der Waals surface area contributed by atoms with Crippen molar-refractivity contribution in [2.45, 2.75) is 6.42 Å². The van der Waals surface area contributed by atoms with E-state index in [4.69, 9.17) is 0 Å². The predicted octanol–water partition coefficient (Wildman–Crippen LogP) is 0.970. The van der Waals surface area contributed by atoms with Gasteiger partial charge in [0.1, 0.15) is 0 Å². The zero-order valence-corrected chi connectivity index (χ0v) is 11.7. The van der Waals surface area contributed by atoms with Crippen LogP contribution in [-0.2, 0) is 9.59 Å². The number of fused-ring (bicyclic) bond motifs is 2. The number of rotatable bonds is 3. The van der Waals surface area contributed by atoms with Crippen molar-refractivity contribution in [1.29, 1.82) is 0 Å². The molecule has 0 spiro atoms. The lowest BCUT2D eigenvalue weighted by molar-refractivity contribution is -0.148. The Bertz CT molecular complexity index is 641. The molecule has 0 radical (unpaired) electrons. The van der Waals surface area contributed by atoms with E-state index >= 15 is 0 Å². The van der Waals surface area contributed by atoms with Gasteiger partial charge >= 0.3 is 5.97 Å². The molecule has 4 atom stereocenters. The molecule has 0 saturated heterocycles. The summed E-state index contributed by atoms with van der Waals surface area (Å²) in [5.41, 5.74) is 5.12. The van der Waals surface area contributed by atoms with Crippen molar-refractivity contribution >= 4 is 17.8 Å². The van der Waals surface area contributed by atoms with E-state index in [-0.39, 0.29) is 11.8 Å². The number of benzene rings is 1. The molecule has 3 rings (SSSR count). The standard InChI is InChI=1S/C16H16N2O4/c19-14(9-4-2-1-3-5-9)17-18-15(20)12-10-6-7-11(8-10)13(12)16(21)22/h1-7,10-13H,8H2,(H,17,19)(H,18,20)(H,21,22)/t10-,11+,12+,13+/m1/s1. The SMILES string of the molecule is O=C(NNC(=O)[C@@H]1[C@@H](C(=O)O)[C@H]2C=C[C@@H]1C2)c1ccccc1. The van der Waals surface area contributed by atoms with E-state index < -0.39 is 29.6 Å². The minimum Gasteiger partial charge on any atom is -0.481 e. The fraction of sp³-hybridized carbons (Fsp3) is 0.312. The summed E-state index contributed by atoms with van der Waals surface area (Å²) >= 11 is 0. The van der Waals surface area contributed by atoms with Gasteiger partial charge in [-0.05, 0) is 30.4 Å². The highest BCUT2D eigenvalue weighted by Gasteiger charge is 2.51. The zero-order valence-electron chi connectivity index (χ0n) is 11.7. The molecule has 1 aromatic carbocycles. The number of carbonyl (C=O) groups is 3. The minimum atomic E-state index is -0.966. The average Bonchev–Trinajstić information content (AvgIpc) is 3.14. The van der Waals surface area contributed by atoms with E-state index in [1.165, 1.54) is 0 Å². The number of aliphatic carboxylic acids is 1. The molecule has 3 N–H and O–H groups in total. The Morgan fingerprint density at radius 2 is 1.59 bits per heavy atom. The third-order valence-electron chi connectivity index (χ3n) is 4.38. The van der Waals surface area contributed by atoms with Crippen LogP contribution in [0, 0.1) is 23.7 Å². The maximum atomic E-state index is 12.3. The molecule has 0 unspecified atom stereocenters. The van der Waals surface area contributed by atoms with Crippen LogP contribution in [0.2, 0.25) is 0 Å². The molecule has 0 aliphatic heterocycles. The highest BCUT2D eigenvalue weighted by atomic mass is 16.4. The van der Waals surface area contributed by atoms with Crippen LogP contribution in [0.5, 0.6) is 0 Å². The molecular weight excluding hydrogens is 284 g/mol. The lowest BCUT2D eigenvalue weighted by Crippen LogP contribution is -2.48. The first-order chi connectivity index (χ1) is 10.6. The molecule has 1 saturated carbocycles. The molecule has 1 fully saturated rings. The van der Waals surface area contributed by atoms with Crippen LogP contribution in [0.3, 0.4) is 0 Å². The summed E-state index contributed by atoms with van der Waals surface area (Å²) in [5, 5.41) is 9.31. The first kappa shape index (κ1) is 14.3. The summed E-state index contributed by atoms with van der Waals surface area (Å²) < 4.78 is 0. The second kappa shape index (κ2) is 5.63. The number of carboxylic acids is 1. The lowest BCUT2D eigenvalue weighted by atomic mass is 9.82. The van der Waals surface area contributed by atoms with E-state index in [1.54, 1.807) is 30.3 Å². The molecule has 6 heteroatoms. The van der Waals surface area contributed by atoms with Crippen molar-refractivity contribution in [3.63, 3.8) is 0 Å². The van der Waals surface area contributed by atoms with E-state index in [2.05, 4.69) is 10.9 Å². The number of hydrogen-bond donors (Lipinski definition) is 3. The van der Waals surface area contributed by atoms with Gasteiger partial charge in [-0.1, -0.05) is 30.4 Å². The minimum absolute atomic E-state index is 0.0697. The van der Waals surface area contributed by atoms with Crippen LogP contribution in [-0.4, -0.2) is 22.9 Å². The Morgan fingerprint density at radius 1 is 0.955 bits per heavy atom. The monoisotopic (exact) mass is 300 g/mol. The van der Waals surface area contributed by atoms with Gasteiger partial charge in [0, 0.05) is 5.56 Å². The highest BCUT2D eigenvalue weighted by Crippen LogP contribution is 2.48. The first-order valence-corrected chi connectivity index (χ1v) is 7.14.